The van der Waals surface area contributed by atoms with Crippen molar-refractivity contribution < 1.29 is 14.5 Å². The van der Waals surface area contributed by atoms with Gasteiger partial charge in [-0.15, -0.1) is 0 Å². The number of anilines is 1. The van der Waals surface area contributed by atoms with Crippen LogP contribution in [0, 0.1) is 10.1 Å². The highest BCUT2D eigenvalue weighted by atomic mass is 32.1. The van der Waals surface area contributed by atoms with E-state index in [1.54, 1.807) is 19.2 Å². The Labute approximate surface area is 153 Å². The SMILES string of the molecule is COc1ccc(-c2sc(NC(C)=O)nc2-c2ccc([N+](=O)[O-])cc2)cc1. The Morgan fingerprint density at radius 2 is 1.73 bits per heavy atom. The van der Waals surface area contributed by atoms with Gasteiger partial charge in [-0.1, -0.05) is 11.3 Å². The summed E-state index contributed by atoms with van der Waals surface area (Å²) in [6, 6.07) is 13.7. The van der Waals surface area contributed by atoms with Gasteiger partial charge in [-0.25, -0.2) is 4.98 Å². The number of nitro groups is 1. The molecular weight excluding hydrogens is 354 g/mol. The number of carbonyl (C=O) groups is 1. The maximum Gasteiger partial charge on any atom is 0.269 e. The minimum Gasteiger partial charge on any atom is -0.497 e. The largest absolute Gasteiger partial charge is 0.497 e. The quantitative estimate of drug-likeness (QED) is 0.533. The number of nitrogens with one attached hydrogen (secondary N) is 1. The number of thiazole rings is 1. The monoisotopic (exact) mass is 369 g/mol. The lowest BCUT2D eigenvalue weighted by atomic mass is 10.1. The van der Waals surface area contributed by atoms with Gasteiger partial charge in [-0.3, -0.25) is 14.9 Å². The van der Waals surface area contributed by atoms with E-state index < -0.39 is 4.92 Å². The molecule has 0 saturated heterocycles. The number of hydrogen-bond acceptors (Lipinski definition) is 6. The second-order valence-corrected chi connectivity index (χ2v) is 6.41. The third-order valence-corrected chi connectivity index (χ3v) is 4.63. The van der Waals surface area contributed by atoms with E-state index in [9.17, 15) is 14.9 Å². The summed E-state index contributed by atoms with van der Waals surface area (Å²) < 4.78 is 5.18. The average molecular weight is 369 g/mol. The smallest absolute Gasteiger partial charge is 0.269 e. The molecule has 1 N–H and O–H groups in total. The zero-order valence-corrected chi connectivity index (χ0v) is 14.9. The second-order valence-electron chi connectivity index (χ2n) is 5.41. The molecule has 0 spiro atoms. The van der Waals surface area contributed by atoms with Gasteiger partial charge < -0.3 is 10.1 Å². The molecule has 26 heavy (non-hydrogen) atoms. The zero-order valence-electron chi connectivity index (χ0n) is 14.1. The van der Waals surface area contributed by atoms with E-state index >= 15 is 0 Å². The van der Waals surface area contributed by atoms with Crippen molar-refractivity contribution in [1.29, 1.82) is 0 Å². The molecule has 132 valence electrons. The fourth-order valence-corrected chi connectivity index (χ4v) is 3.44. The second kappa shape index (κ2) is 7.32. The molecule has 2 aromatic carbocycles. The minimum atomic E-state index is -0.446. The van der Waals surface area contributed by atoms with E-state index in [1.807, 2.05) is 24.3 Å². The third kappa shape index (κ3) is 3.70. The molecular formula is C18H15N3O4S. The highest BCUT2D eigenvalue weighted by molar-refractivity contribution is 7.19. The number of non-ortho nitro benzene ring substituents is 1. The Morgan fingerprint density at radius 3 is 2.27 bits per heavy atom. The predicted molar refractivity (Wildman–Crippen MR) is 100 cm³/mol. The van der Waals surface area contributed by atoms with Crippen LogP contribution in [0.2, 0.25) is 0 Å². The number of ether oxygens (including phenoxy) is 1. The summed E-state index contributed by atoms with van der Waals surface area (Å²) in [5, 5.41) is 14.0. The molecule has 1 amide bonds. The molecule has 0 aliphatic rings. The molecule has 0 radical (unpaired) electrons. The Bertz CT molecular complexity index is 950. The molecule has 0 saturated carbocycles. The van der Waals surface area contributed by atoms with Crippen molar-refractivity contribution in [2.24, 2.45) is 0 Å². The summed E-state index contributed by atoms with van der Waals surface area (Å²) in [5.41, 5.74) is 2.30. The van der Waals surface area contributed by atoms with Crippen LogP contribution in [0.1, 0.15) is 6.92 Å². The fourth-order valence-electron chi connectivity index (χ4n) is 2.40. The van der Waals surface area contributed by atoms with Crippen molar-refractivity contribution in [1.82, 2.24) is 4.98 Å². The van der Waals surface area contributed by atoms with Gasteiger partial charge in [0, 0.05) is 24.6 Å². The zero-order chi connectivity index (χ0) is 18.7. The number of amides is 1. The summed E-state index contributed by atoms with van der Waals surface area (Å²) in [4.78, 5) is 27.1. The number of hydrogen-bond donors (Lipinski definition) is 1. The molecule has 0 atom stereocenters. The van der Waals surface area contributed by atoms with Gasteiger partial charge in [0.2, 0.25) is 5.91 Å². The Balaban J connectivity index is 2.07. The van der Waals surface area contributed by atoms with Crippen molar-refractivity contribution >= 4 is 28.1 Å². The summed E-state index contributed by atoms with van der Waals surface area (Å²) in [7, 11) is 1.60. The van der Waals surface area contributed by atoms with Crippen LogP contribution < -0.4 is 10.1 Å². The molecule has 1 heterocycles. The molecule has 0 bridgehead atoms. The highest BCUT2D eigenvalue weighted by Gasteiger charge is 2.17. The molecule has 7 nitrogen and oxygen atoms in total. The number of aromatic nitrogens is 1. The van der Waals surface area contributed by atoms with E-state index in [0.29, 0.717) is 10.8 Å². The van der Waals surface area contributed by atoms with Gasteiger partial charge in [0.15, 0.2) is 5.13 Å². The lowest BCUT2D eigenvalue weighted by Crippen LogP contribution is -2.04. The maximum absolute atomic E-state index is 11.4. The third-order valence-electron chi connectivity index (χ3n) is 3.61. The predicted octanol–water partition coefficient (Wildman–Crippen LogP) is 4.35. The molecule has 8 heteroatoms. The van der Waals surface area contributed by atoms with Gasteiger partial charge in [-0.05, 0) is 42.0 Å². The van der Waals surface area contributed by atoms with E-state index in [2.05, 4.69) is 10.3 Å². The Hall–Kier alpha value is -3.26. The van der Waals surface area contributed by atoms with Crippen LogP contribution in [0.15, 0.2) is 48.5 Å². The average Bonchev–Trinajstić information content (AvgIpc) is 3.05. The molecule has 1 aromatic heterocycles. The fraction of sp³-hybridized carbons (Fsp3) is 0.111. The van der Waals surface area contributed by atoms with Gasteiger partial charge in [0.05, 0.1) is 22.6 Å². The number of carbonyl (C=O) groups excluding carboxylic acids is 1. The summed E-state index contributed by atoms with van der Waals surface area (Å²) in [6.45, 7) is 1.42. The molecule has 0 fully saturated rings. The molecule has 0 aliphatic carbocycles. The maximum atomic E-state index is 11.4. The van der Waals surface area contributed by atoms with Gasteiger partial charge >= 0.3 is 0 Å². The molecule has 3 aromatic rings. The number of nitro benzene ring substituents is 1. The molecule has 0 aliphatic heterocycles. The number of benzene rings is 2. The first-order valence-corrected chi connectivity index (χ1v) is 8.47. The first-order valence-electron chi connectivity index (χ1n) is 7.65. The summed E-state index contributed by atoms with van der Waals surface area (Å²) >= 11 is 1.34. The minimum absolute atomic E-state index is 0.0112. The van der Waals surface area contributed by atoms with Gasteiger partial charge in [0.25, 0.3) is 5.69 Å². The standard InChI is InChI=1S/C18H15N3O4S/c1-11(22)19-18-20-16(12-3-7-14(8-4-12)21(23)24)17(26-18)13-5-9-15(25-2)10-6-13/h3-10H,1-2H3,(H,19,20,22). The van der Waals surface area contributed by atoms with E-state index in [-0.39, 0.29) is 11.6 Å². The summed E-state index contributed by atoms with van der Waals surface area (Å²) in [6.07, 6.45) is 0. The van der Waals surface area contributed by atoms with E-state index in [0.717, 1.165) is 21.8 Å². The molecule has 3 rings (SSSR count). The van der Waals surface area contributed by atoms with E-state index in [1.165, 1.54) is 30.4 Å². The lowest BCUT2D eigenvalue weighted by Gasteiger charge is -2.04. The van der Waals surface area contributed by atoms with Crippen molar-refractivity contribution in [2.45, 2.75) is 6.92 Å². The van der Waals surface area contributed by atoms with Crippen LogP contribution in [-0.2, 0) is 4.79 Å². The van der Waals surface area contributed by atoms with Crippen LogP contribution in [0.25, 0.3) is 21.7 Å². The summed E-state index contributed by atoms with van der Waals surface area (Å²) in [5.74, 6) is 0.521. The Kier molecular flexibility index (Phi) is 4.94. The first kappa shape index (κ1) is 17.6. The molecule has 0 unspecified atom stereocenters. The van der Waals surface area contributed by atoms with Crippen LogP contribution >= 0.6 is 11.3 Å². The van der Waals surface area contributed by atoms with Crippen LogP contribution in [-0.4, -0.2) is 22.9 Å². The number of rotatable bonds is 5. The van der Waals surface area contributed by atoms with Crippen molar-refractivity contribution in [3.63, 3.8) is 0 Å². The van der Waals surface area contributed by atoms with E-state index in [4.69, 9.17) is 4.74 Å². The van der Waals surface area contributed by atoms with Crippen molar-refractivity contribution in [3.8, 4) is 27.4 Å². The van der Waals surface area contributed by atoms with Crippen LogP contribution in [0.4, 0.5) is 10.8 Å². The van der Waals surface area contributed by atoms with Crippen LogP contribution in [0.5, 0.6) is 5.75 Å². The first-order chi connectivity index (χ1) is 12.5. The topological polar surface area (TPSA) is 94.4 Å². The highest BCUT2D eigenvalue weighted by Crippen LogP contribution is 2.39. The normalized spacial score (nSPS) is 10.4. The van der Waals surface area contributed by atoms with Gasteiger partial charge in [0.1, 0.15) is 5.75 Å². The number of methoxy groups -OCH3 is 1. The van der Waals surface area contributed by atoms with Gasteiger partial charge in [-0.2, -0.15) is 0 Å². The lowest BCUT2D eigenvalue weighted by molar-refractivity contribution is -0.384. The Morgan fingerprint density at radius 1 is 1.12 bits per heavy atom. The number of nitrogens with zero attached hydrogens (tertiary/aromatic N) is 2. The van der Waals surface area contributed by atoms with Crippen molar-refractivity contribution in [2.75, 3.05) is 12.4 Å². The van der Waals surface area contributed by atoms with Crippen LogP contribution in [0.3, 0.4) is 0 Å². The van der Waals surface area contributed by atoms with Crippen molar-refractivity contribution in [3.05, 3.63) is 58.6 Å².